The van der Waals surface area contributed by atoms with Crippen LogP contribution in [0.15, 0.2) is 47.7 Å². The second kappa shape index (κ2) is 7.33. The highest BCUT2D eigenvalue weighted by molar-refractivity contribution is 6.04. The van der Waals surface area contributed by atoms with Gasteiger partial charge in [0, 0.05) is 37.4 Å². The number of nitrogens with zero attached hydrogens (tertiary/aromatic N) is 6. The van der Waals surface area contributed by atoms with E-state index in [0.717, 1.165) is 55.9 Å². The molecule has 0 bridgehead atoms. The van der Waals surface area contributed by atoms with E-state index in [2.05, 4.69) is 21.1 Å². The highest BCUT2D eigenvalue weighted by Crippen LogP contribution is 2.31. The largest absolute Gasteiger partial charge is 0.492 e. The topological polar surface area (TPSA) is 79.8 Å². The molecule has 4 heterocycles. The van der Waals surface area contributed by atoms with Gasteiger partial charge in [0.2, 0.25) is 0 Å². The van der Waals surface area contributed by atoms with E-state index in [1.54, 1.807) is 27.1 Å². The number of pyridine rings is 2. The second-order valence-electron chi connectivity index (χ2n) is 7.91. The zero-order valence-electron chi connectivity index (χ0n) is 18.7. The van der Waals surface area contributed by atoms with Gasteiger partial charge in [-0.15, -0.1) is 0 Å². The van der Waals surface area contributed by atoms with Crippen molar-refractivity contribution in [1.29, 1.82) is 0 Å². The molecular weight excluding hydrogens is 404 g/mol. The summed E-state index contributed by atoms with van der Waals surface area (Å²) in [5.41, 5.74) is 6.57. The van der Waals surface area contributed by atoms with Crippen LogP contribution in [0.5, 0.6) is 5.75 Å². The molecule has 0 aliphatic heterocycles. The van der Waals surface area contributed by atoms with Gasteiger partial charge in [-0.3, -0.25) is 23.8 Å². The summed E-state index contributed by atoms with van der Waals surface area (Å²) in [4.78, 5) is 22.3. The minimum Gasteiger partial charge on any atom is -0.492 e. The molecule has 0 amide bonds. The maximum Gasteiger partial charge on any atom is 0.333 e. The Morgan fingerprint density at radius 1 is 1.00 bits per heavy atom. The number of ether oxygens (including phenoxy) is 1. The first-order valence-electron chi connectivity index (χ1n) is 10.5. The normalized spacial score (nSPS) is 11.5. The third-order valence-electron chi connectivity index (χ3n) is 5.79. The number of hydrogen-bond donors (Lipinski definition) is 0. The molecule has 4 aromatic heterocycles. The monoisotopic (exact) mass is 428 g/mol. The zero-order chi connectivity index (χ0) is 22.6. The fourth-order valence-corrected chi connectivity index (χ4v) is 4.18. The Hall–Kier alpha value is -3.94. The van der Waals surface area contributed by atoms with E-state index in [1.165, 1.54) is 0 Å². The van der Waals surface area contributed by atoms with E-state index < -0.39 is 0 Å². The van der Waals surface area contributed by atoms with Gasteiger partial charge >= 0.3 is 5.69 Å². The lowest BCUT2D eigenvalue weighted by atomic mass is 10.0. The number of hydrogen-bond acceptors (Lipinski definition) is 5. The third kappa shape index (κ3) is 2.98. The highest BCUT2D eigenvalue weighted by atomic mass is 16.5. The molecule has 0 N–H and O–H groups in total. The molecule has 32 heavy (non-hydrogen) atoms. The first-order valence-corrected chi connectivity index (χ1v) is 10.5. The molecule has 5 aromatic rings. The van der Waals surface area contributed by atoms with Crippen LogP contribution < -0.4 is 10.4 Å². The van der Waals surface area contributed by atoms with Crippen molar-refractivity contribution in [2.24, 2.45) is 14.1 Å². The van der Waals surface area contributed by atoms with Crippen molar-refractivity contribution in [3.63, 3.8) is 0 Å². The smallest absolute Gasteiger partial charge is 0.333 e. The maximum atomic E-state index is 13.2. The van der Waals surface area contributed by atoms with Crippen LogP contribution in [-0.4, -0.2) is 35.5 Å². The number of benzene rings is 1. The molecule has 1 aromatic carbocycles. The first kappa shape index (κ1) is 20.0. The van der Waals surface area contributed by atoms with E-state index in [0.29, 0.717) is 6.61 Å². The lowest BCUT2D eigenvalue weighted by molar-refractivity contribution is 0.336. The molecule has 8 nitrogen and oxygen atoms in total. The van der Waals surface area contributed by atoms with Crippen LogP contribution in [0.25, 0.3) is 38.8 Å². The highest BCUT2D eigenvalue weighted by Gasteiger charge is 2.19. The molecule has 0 radical (unpaired) electrons. The SMILES string of the molecule is CCOc1cc(-c2ccc3ncc4c(c3c2)n(-c2cn(C)nc2C)c(=O)n4C)cnc1C. The van der Waals surface area contributed by atoms with Gasteiger partial charge in [-0.25, -0.2) is 4.79 Å². The first-order chi connectivity index (χ1) is 15.4. The minimum absolute atomic E-state index is 0.133. The van der Waals surface area contributed by atoms with Crippen LogP contribution in [0, 0.1) is 13.8 Å². The lowest BCUT2D eigenvalue weighted by Gasteiger charge is -2.10. The van der Waals surface area contributed by atoms with Crippen molar-refractivity contribution in [1.82, 2.24) is 28.9 Å². The molecule has 5 rings (SSSR count). The van der Waals surface area contributed by atoms with Crippen molar-refractivity contribution in [3.8, 4) is 22.6 Å². The molecule has 0 unspecified atom stereocenters. The number of fused-ring (bicyclic) bond motifs is 3. The molecule has 0 fully saturated rings. The average molecular weight is 428 g/mol. The Balaban J connectivity index is 1.82. The van der Waals surface area contributed by atoms with Gasteiger partial charge in [-0.05, 0) is 44.5 Å². The standard InChI is InChI=1S/C24H24N6O2/c1-6-32-22-10-17(11-25-15(22)3)16-7-8-19-18(9-16)23-20(12-26-19)29(5)24(31)30(23)21-13-28(4)27-14(21)2/h7-13H,6H2,1-5H3. The molecular formula is C24H24N6O2. The van der Waals surface area contributed by atoms with Gasteiger partial charge in [0.1, 0.15) is 5.75 Å². The average Bonchev–Trinajstić information content (AvgIpc) is 3.24. The summed E-state index contributed by atoms with van der Waals surface area (Å²) in [7, 11) is 3.62. The summed E-state index contributed by atoms with van der Waals surface area (Å²) < 4.78 is 10.8. The Kier molecular flexibility index (Phi) is 4.58. The van der Waals surface area contributed by atoms with E-state index in [4.69, 9.17) is 4.74 Å². The fraction of sp³-hybridized carbons (Fsp3) is 0.250. The molecule has 0 aliphatic rings. The Morgan fingerprint density at radius 3 is 2.53 bits per heavy atom. The molecule has 0 atom stereocenters. The number of aromatic nitrogens is 6. The van der Waals surface area contributed by atoms with Gasteiger partial charge in [0.25, 0.3) is 0 Å². The third-order valence-corrected chi connectivity index (χ3v) is 5.79. The summed E-state index contributed by atoms with van der Waals surface area (Å²) in [6.07, 6.45) is 5.46. The number of rotatable bonds is 4. The maximum absolute atomic E-state index is 13.2. The Bertz CT molecular complexity index is 1560. The lowest BCUT2D eigenvalue weighted by Crippen LogP contribution is -2.21. The fourth-order valence-electron chi connectivity index (χ4n) is 4.18. The van der Waals surface area contributed by atoms with Crippen LogP contribution in [0.3, 0.4) is 0 Å². The zero-order valence-corrected chi connectivity index (χ0v) is 18.7. The quantitative estimate of drug-likeness (QED) is 0.436. The van der Waals surface area contributed by atoms with Crippen LogP contribution in [0.1, 0.15) is 18.3 Å². The predicted octanol–water partition coefficient (Wildman–Crippen LogP) is 3.69. The summed E-state index contributed by atoms with van der Waals surface area (Å²) in [5.74, 6) is 0.768. The van der Waals surface area contributed by atoms with E-state index in [1.807, 2.05) is 58.4 Å². The molecule has 0 aliphatic carbocycles. The van der Waals surface area contributed by atoms with E-state index >= 15 is 0 Å². The summed E-state index contributed by atoms with van der Waals surface area (Å²) in [5, 5.41) is 5.32. The van der Waals surface area contributed by atoms with Crippen molar-refractivity contribution in [3.05, 3.63) is 64.7 Å². The van der Waals surface area contributed by atoms with Crippen LogP contribution >= 0.6 is 0 Å². The Morgan fingerprint density at radius 2 is 1.81 bits per heavy atom. The second-order valence-corrected chi connectivity index (χ2v) is 7.91. The van der Waals surface area contributed by atoms with Crippen LogP contribution in [-0.2, 0) is 14.1 Å². The summed E-state index contributed by atoms with van der Waals surface area (Å²) >= 11 is 0. The van der Waals surface area contributed by atoms with Gasteiger partial charge in [0.05, 0.1) is 46.4 Å². The molecule has 162 valence electrons. The van der Waals surface area contributed by atoms with Crippen molar-refractivity contribution in [2.75, 3.05) is 6.61 Å². The van der Waals surface area contributed by atoms with Gasteiger partial charge < -0.3 is 4.74 Å². The summed E-state index contributed by atoms with van der Waals surface area (Å²) in [6, 6.07) is 8.06. The minimum atomic E-state index is -0.133. The van der Waals surface area contributed by atoms with Gasteiger partial charge in [-0.1, -0.05) is 6.07 Å². The molecule has 8 heteroatoms. The van der Waals surface area contributed by atoms with Crippen molar-refractivity contribution >= 4 is 21.9 Å². The summed E-state index contributed by atoms with van der Waals surface area (Å²) in [6.45, 7) is 6.37. The Labute approximate surface area is 184 Å². The van der Waals surface area contributed by atoms with Crippen LogP contribution in [0.4, 0.5) is 0 Å². The van der Waals surface area contributed by atoms with E-state index in [9.17, 15) is 4.79 Å². The van der Waals surface area contributed by atoms with Crippen molar-refractivity contribution < 1.29 is 4.74 Å². The van der Waals surface area contributed by atoms with Crippen LogP contribution in [0.2, 0.25) is 0 Å². The number of imidazole rings is 1. The van der Waals surface area contributed by atoms with E-state index in [-0.39, 0.29) is 5.69 Å². The molecule has 0 saturated carbocycles. The number of aryl methyl sites for hydroxylation is 4. The van der Waals surface area contributed by atoms with Gasteiger partial charge in [-0.2, -0.15) is 5.10 Å². The predicted molar refractivity (Wildman–Crippen MR) is 124 cm³/mol. The molecule has 0 spiro atoms. The van der Waals surface area contributed by atoms with Crippen molar-refractivity contribution in [2.45, 2.75) is 20.8 Å². The molecule has 0 saturated heterocycles. The van der Waals surface area contributed by atoms with Gasteiger partial charge in [0.15, 0.2) is 0 Å².